The molecule has 12 heavy (non-hydrogen) atoms. The van der Waals surface area contributed by atoms with Gasteiger partial charge in [-0.05, 0) is 37.3 Å². The monoisotopic (exact) mass is 169 g/mol. The lowest BCUT2D eigenvalue weighted by atomic mass is 9.75. The van der Waals surface area contributed by atoms with Crippen LogP contribution in [0.3, 0.4) is 0 Å². The minimum Gasteiger partial charge on any atom is -0.303 e. The molecule has 0 N–H and O–H groups in total. The van der Waals surface area contributed by atoms with Gasteiger partial charge < -0.3 is 4.90 Å². The summed E-state index contributed by atoms with van der Waals surface area (Å²) in [4.78, 5) is 2.61. The zero-order chi connectivity index (χ0) is 9.19. The molecule has 1 atom stereocenters. The van der Waals surface area contributed by atoms with Crippen molar-refractivity contribution in [2.45, 2.75) is 40.5 Å². The molecule has 72 valence electrons. The van der Waals surface area contributed by atoms with E-state index in [4.69, 9.17) is 0 Å². The van der Waals surface area contributed by atoms with Crippen LogP contribution in [0.2, 0.25) is 0 Å². The second-order valence-electron chi connectivity index (χ2n) is 4.95. The van der Waals surface area contributed by atoms with E-state index in [-0.39, 0.29) is 0 Å². The van der Waals surface area contributed by atoms with Crippen LogP contribution in [0.15, 0.2) is 0 Å². The molecule has 1 aliphatic rings. The third-order valence-electron chi connectivity index (χ3n) is 3.38. The van der Waals surface area contributed by atoms with Gasteiger partial charge in [-0.3, -0.25) is 0 Å². The Morgan fingerprint density at radius 2 is 2.08 bits per heavy atom. The number of hydrogen-bond acceptors (Lipinski definition) is 1. The molecule has 1 fully saturated rings. The van der Waals surface area contributed by atoms with Crippen LogP contribution in [0, 0.1) is 11.3 Å². The number of piperidine rings is 1. The lowest BCUT2D eigenvalue weighted by Gasteiger charge is -2.42. The van der Waals surface area contributed by atoms with E-state index in [2.05, 4.69) is 32.6 Å². The standard InChI is InChI=1S/C11H23N/c1-5-7-12-8-6-10(2)11(3,4)9-12/h10H,5-9H2,1-4H3. The van der Waals surface area contributed by atoms with Gasteiger partial charge in [0.05, 0.1) is 0 Å². The van der Waals surface area contributed by atoms with Gasteiger partial charge in [0.2, 0.25) is 0 Å². The maximum absolute atomic E-state index is 2.61. The summed E-state index contributed by atoms with van der Waals surface area (Å²) in [6.45, 7) is 13.4. The van der Waals surface area contributed by atoms with Crippen molar-refractivity contribution in [1.82, 2.24) is 4.90 Å². The van der Waals surface area contributed by atoms with E-state index in [0.29, 0.717) is 5.41 Å². The van der Waals surface area contributed by atoms with Crippen LogP contribution in [0.25, 0.3) is 0 Å². The van der Waals surface area contributed by atoms with E-state index < -0.39 is 0 Å². The first kappa shape index (κ1) is 10.0. The SMILES string of the molecule is CCCN1CCC(C)C(C)(C)C1. The van der Waals surface area contributed by atoms with E-state index in [1.54, 1.807) is 0 Å². The van der Waals surface area contributed by atoms with Crippen molar-refractivity contribution >= 4 is 0 Å². The van der Waals surface area contributed by atoms with E-state index in [1.807, 2.05) is 0 Å². The van der Waals surface area contributed by atoms with Gasteiger partial charge in [-0.2, -0.15) is 0 Å². The number of likely N-dealkylation sites (tertiary alicyclic amines) is 1. The molecule has 0 aliphatic carbocycles. The van der Waals surface area contributed by atoms with Crippen molar-refractivity contribution in [2.75, 3.05) is 19.6 Å². The largest absolute Gasteiger partial charge is 0.303 e. The molecule has 0 spiro atoms. The Morgan fingerprint density at radius 1 is 1.42 bits per heavy atom. The highest BCUT2D eigenvalue weighted by atomic mass is 15.1. The molecule has 1 saturated heterocycles. The highest BCUT2D eigenvalue weighted by molar-refractivity contribution is 4.84. The van der Waals surface area contributed by atoms with Crippen LogP contribution < -0.4 is 0 Å². The molecular formula is C11H23N. The highest BCUT2D eigenvalue weighted by Crippen LogP contribution is 2.34. The third-order valence-corrected chi connectivity index (χ3v) is 3.38. The van der Waals surface area contributed by atoms with Gasteiger partial charge in [-0.1, -0.05) is 27.7 Å². The number of rotatable bonds is 2. The molecule has 0 aromatic heterocycles. The summed E-state index contributed by atoms with van der Waals surface area (Å²) in [5.74, 6) is 0.894. The van der Waals surface area contributed by atoms with Crippen molar-refractivity contribution in [2.24, 2.45) is 11.3 Å². The van der Waals surface area contributed by atoms with Gasteiger partial charge in [0.15, 0.2) is 0 Å². The van der Waals surface area contributed by atoms with E-state index in [1.165, 1.54) is 32.5 Å². The second kappa shape index (κ2) is 3.78. The Bertz CT molecular complexity index is 140. The van der Waals surface area contributed by atoms with E-state index >= 15 is 0 Å². The summed E-state index contributed by atoms with van der Waals surface area (Å²) < 4.78 is 0. The zero-order valence-electron chi connectivity index (χ0n) is 9.06. The van der Waals surface area contributed by atoms with Crippen molar-refractivity contribution in [3.8, 4) is 0 Å². The second-order valence-corrected chi connectivity index (χ2v) is 4.95. The summed E-state index contributed by atoms with van der Waals surface area (Å²) in [7, 11) is 0. The van der Waals surface area contributed by atoms with Crippen molar-refractivity contribution < 1.29 is 0 Å². The van der Waals surface area contributed by atoms with Crippen LogP contribution in [-0.2, 0) is 0 Å². The Balaban J connectivity index is 2.45. The molecular weight excluding hydrogens is 146 g/mol. The van der Waals surface area contributed by atoms with Gasteiger partial charge in [0, 0.05) is 6.54 Å². The average Bonchev–Trinajstić information content (AvgIpc) is 1.97. The van der Waals surface area contributed by atoms with E-state index in [0.717, 1.165) is 5.92 Å². The van der Waals surface area contributed by atoms with Gasteiger partial charge >= 0.3 is 0 Å². The fraction of sp³-hybridized carbons (Fsp3) is 1.00. The average molecular weight is 169 g/mol. The zero-order valence-corrected chi connectivity index (χ0v) is 9.06. The lowest BCUT2D eigenvalue weighted by molar-refractivity contribution is 0.0650. The Kier molecular flexibility index (Phi) is 3.16. The molecule has 1 nitrogen and oxygen atoms in total. The molecule has 0 radical (unpaired) electrons. The van der Waals surface area contributed by atoms with Gasteiger partial charge in [0.25, 0.3) is 0 Å². The maximum Gasteiger partial charge on any atom is 0.00352 e. The predicted octanol–water partition coefficient (Wildman–Crippen LogP) is 2.76. The van der Waals surface area contributed by atoms with Gasteiger partial charge in [-0.25, -0.2) is 0 Å². The Hall–Kier alpha value is -0.0400. The fourth-order valence-electron chi connectivity index (χ4n) is 2.09. The highest BCUT2D eigenvalue weighted by Gasteiger charge is 2.31. The summed E-state index contributed by atoms with van der Waals surface area (Å²) in [5.41, 5.74) is 0.535. The molecule has 0 saturated carbocycles. The summed E-state index contributed by atoms with van der Waals surface area (Å²) in [6, 6.07) is 0. The summed E-state index contributed by atoms with van der Waals surface area (Å²) >= 11 is 0. The minimum atomic E-state index is 0.535. The lowest BCUT2D eigenvalue weighted by Crippen LogP contribution is -2.44. The first-order valence-electron chi connectivity index (χ1n) is 5.28. The van der Waals surface area contributed by atoms with Crippen molar-refractivity contribution in [3.05, 3.63) is 0 Å². The maximum atomic E-state index is 2.61. The normalized spacial score (nSPS) is 30.5. The molecule has 1 unspecified atom stereocenters. The molecule has 1 heteroatoms. The van der Waals surface area contributed by atoms with Crippen LogP contribution in [-0.4, -0.2) is 24.5 Å². The summed E-state index contributed by atoms with van der Waals surface area (Å²) in [5, 5.41) is 0. The molecule has 0 aromatic carbocycles. The Morgan fingerprint density at radius 3 is 2.58 bits per heavy atom. The Labute approximate surface area is 77.1 Å². The van der Waals surface area contributed by atoms with Crippen molar-refractivity contribution in [3.63, 3.8) is 0 Å². The number of nitrogens with zero attached hydrogens (tertiary/aromatic N) is 1. The molecule has 1 rings (SSSR count). The molecule has 1 aliphatic heterocycles. The van der Waals surface area contributed by atoms with Gasteiger partial charge in [-0.15, -0.1) is 0 Å². The minimum absolute atomic E-state index is 0.535. The van der Waals surface area contributed by atoms with E-state index in [9.17, 15) is 0 Å². The predicted molar refractivity (Wildman–Crippen MR) is 54.3 cm³/mol. The first-order valence-corrected chi connectivity index (χ1v) is 5.28. The quantitative estimate of drug-likeness (QED) is 0.614. The number of hydrogen-bond donors (Lipinski definition) is 0. The molecule has 0 amide bonds. The third kappa shape index (κ3) is 2.22. The molecule has 0 bridgehead atoms. The fourth-order valence-corrected chi connectivity index (χ4v) is 2.09. The smallest absolute Gasteiger partial charge is 0.00352 e. The topological polar surface area (TPSA) is 3.24 Å². The molecule has 1 heterocycles. The van der Waals surface area contributed by atoms with Crippen LogP contribution in [0.1, 0.15) is 40.5 Å². The van der Waals surface area contributed by atoms with Crippen LogP contribution >= 0.6 is 0 Å². The molecule has 0 aromatic rings. The van der Waals surface area contributed by atoms with Crippen molar-refractivity contribution in [1.29, 1.82) is 0 Å². The van der Waals surface area contributed by atoms with Crippen LogP contribution in [0.5, 0.6) is 0 Å². The van der Waals surface area contributed by atoms with Gasteiger partial charge in [0.1, 0.15) is 0 Å². The van der Waals surface area contributed by atoms with Crippen LogP contribution in [0.4, 0.5) is 0 Å². The first-order chi connectivity index (χ1) is 5.56. The summed E-state index contributed by atoms with van der Waals surface area (Å²) in [6.07, 6.45) is 2.68.